The number of halogens is 1. The number of hydrogen-bond donors (Lipinski definition) is 1. The number of carboxylic acid groups (broad SMARTS) is 1. The molecule has 2 saturated heterocycles. The summed E-state index contributed by atoms with van der Waals surface area (Å²) in [6.07, 6.45) is 10.6. The fourth-order valence-corrected chi connectivity index (χ4v) is 7.38. The fraction of sp³-hybridized carbons (Fsp3) is 0.419. The predicted octanol–water partition coefficient (Wildman–Crippen LogP) is 8.91. The molecular weight excluding hydrogens is 688 g/mol. The van der Waals surface area contributed by atoms with E-state index in [0.717, 1.165) is 84.1 Å². The number of nitrogens with zero attached hydrogens (tertiary/aromatic N) is 4. The van der Waals surface area contributed by atoms with Crippen molar-refractivity contribution in [1.29, 1.82) is 5.26 Å². The Balaban J connectivity index is 0.00000175. The average Bonchev–Trinajstić information content (AvgIpc) is 3.70. The molecule has 2 aliphatic heterocycles. The minimum Gasteiger partial charge on any atom is -0.493 e. The second kappa shape index (κ2) is 20.0. The van der Waals surface area contributed by atoms with Gasteiger partial charge in [0.25, 0.3) is 6.47 Å². The molecule has 0 spiro atoms. The number of nitriles is 1. The molecule has 9 nitrogen and oxygen atoms in total. The molecule has 53 heavy (non-hydrogen) atoms. The monoisotopic (exact) mass is 738 g/mol. The van der Waals surface area contributed by atoms with Crippen LogP contribution in [-0.4, -0.2) is 65.7 Å². The van der Waals surface area contributed by atoms with E-state index < -0.39 is 0 Å². The molecule has 280 valence electrons. The summed E-state index contributed by atoms with van der Waals surface area (Å²) in [6.45, 7) is 13.9. The van der Waals surface area contributed by atoms with Crippen molar-refractivity contribution >= 4 is 18.1 Å². The van der Waals surface area contributed by atoms with Crippen molar-refractivity contribution in [3.05, 3.63) is 105 Å². The molecule has 3 aromatic carbocycles. The second-order valence-electron chi connectivity index (χ2n) is 13.8. The number of aromatic nitrogens is 1. The van der Waals surface area contributed by atoms with E-state index >= 15 is 0 Å². The lowest BCUT2D eigenvalue weighted by Gasteiger charge is -2.28. The second-order valence-corrected chi connectivity index (χ2v) is 14.2. The molecular formula is C43H51ClN4O5. The molecule has 0 atom stereocenters. The number of rotatable bonds is 14. The molecule has 1 aromatic heterocycles. The zero-order valence-corrected chi connectivity index (χ0v) is 32.0. The van der Waals surface area contributed by atoms with Crippen molar-refractivity contribution in [2.24, 2.45) is 0 Å². The maximum absolute atomic E-state index is 9.35. The summed E-state index contributed by atoms with van der Waals surface area (Å²) >= 11 is 7.04. The Bertz CT molecular complexity index is 1860. The van der Waals surface area contributed by atoms with Crippen LogP contribution in [0.5, 0.6) is 17.2 Å². The van der Waals surface area contributed by atoms with Gasteiger partial charge in [-0.15, -0.1) is 0 Å². The summed E-state index contributed by atoms with van der Waals surface area (Å²) < 4.78 is 19.2. The van der Waals surface area contributed by atoms with Gasteiger partial charge in [0, 0.05) is 42.7 Å². The van der Waals surface area contributed by atoms with E-state index in [1.807, 2.05) is 12.1 Å². The predicted molar refractivity (Wildman–Crippen MR) is 209 cm³/mol. The Labute approximate surface area is 319 Å². The highest BCUT2D eigenvalue weighted by atomic mass is 35.5. The molecule has 0 bridgehead atoms. The highest BCUT2D eigenvalue weighted by Gasteiger charge is 2.21. The lowest BCUT2D eigenvalue weighted by molar-refractivity contribution is -0.122. The van der Waals surface area contributed by atoms with E-state index in [0.29, 0.717) is 22.9 Å². The van der Waals surface area contributed by atoms with Gasteiger partial charge >= 0.3 is 0 Å². The van der Waals surface area contributed by atoms with E-state index in [2.05, 4.69) is 78.0 Å². The normalized spacial score (nSPS) is 14.5. The van der Waals surface area contributed by atoms with E-state index in [-0.39, 0.29) is 13.1 Å². The maximum atomic E-state index is 9.35. The van der Waals surface area contributed by atoms with Crippen molar-refractivity contribution in [3.8, 4) is 34.4 Å². The molecule has 0 aliphatic carbocycles. The maximum Gasteiger partial charge on any atom is 0.290 e. The number of likely N-dealkylation sites (tertiary alicyclic amines) is 2. The highest BCUT2D eigenvalue weighted by molar-refractivity contribution is 6.33. The number of piperidine rings is 1. The quantitative estimate of drug-likeness (QED) is 0.100. The van der Waals surface area contributed by atoms with Gasteiger partial charge in [-0.2, -0.15) is 5.26 Å². The lowest BCUT2D eigenvalue weighted by atomic mass is 9.93. The summed E-state index contributed by atoms with van der Waals surface area (Å²) in [4.78, 5) is 17.6. The highest BCUT2D eigenvalue weighted by Crippen LogP contribution is 2.40. The standard InChI is InChI=1S/C42H49ClN4O3.CH2O2/c1-30-35(12-9-13-36(30)37-14-10-15-39(31(37)2)48-21-11-20-46-16-7-8-17-46)29-50-41-23-40(49-28-34-22-33(24-44)25-45-26-34)38(32(3)42(41)43)27-47-18-5-4-6-19-47;2-1-3/h9-10,12-15,22-23,25-26H,4-8,11,16-21,27-29H2,1-3H3;1H,(H,2,3). The van der Waals surface area contributed by atoms with Crippen molar-refractivity contribution in [2.45, 2.75) is 79.1 Å². The van der Waals surface area contributed by atoms with Crippen molar-refractivity contribution in [3.63, 3.8) is 0 Å². The first-order valence-electron chi connectivity index (χ1n) is 18.6. The van der Waals surface area contributed by atoms with Crippen LogP contribution in [0.3, 0.4) is 0 Å². The van der Waals surface area contributed by atoms with Gasteiger partial charge in [0.1, 0.15) is 36.5 Å². The molecule has 0 saturated carbocycles. The van der Waals surface area contributed by atoms with E-state index in [4.69, 9.17) is 35.7 Å². The topological polar surface area (TPSA) is 108 Å². The zero-order chi connectivity index (χ0) is 37.6. The minimum atomic E-state index is -0.250. The van der Waals surface area contributed by atoms with E-state index in [1.165, 1.54) is 56.3 Å². The van der Waals surface area contributed by atoms with Crippen LogP contribution in [-0.2, 0) is 24.6 Å². The molecule has 6 rings (SSSR count). The minimum absolute atomic E-state index is 0.250. The molecule has 2 aliphatic rings. The summed E-state index contributed by atoms with van der Waals surface area (Å²) in [7, 11) is 0. The summed E-state index contributed by atoms with van der Waals surface area (Å²) in [5.41, 5.74) is 9.12. The van der Waals surface area contributed by atoms with Gasteiger partial charge in [0.05, 0.1) is 17.2 Å². The Morgan fingerprint density at radius 3 is 2.21 bits per heavy atom. The average molecular weight is 739 g/mol. The summed E-state index contributed by atoms with van der Waals surface area (Å²) in [5.74, 6) is 2.28. The van der Waals surface area contributed by atoms with Crippen molar-refractivity contribution in [2.75, 3.05) is 39.3 Å². The molecule has 2 fully saturated rings. The Hall–Kier alpha value is -4.62. The van der Waals surface area contributed by atoms with Crippen LogP contribution in [0.15, 0.2) is 60.9 Å². The molecule has 3 heterocycles. The van der Waals surface area contributed by atoms with Crippen LogP contribution < -0.4 is 14.2 Å². The number of benzene rings is 3. The van der Waals surface area contributed by atoms with Crippen LogP contribution in [0.25, 0.3) is 11.1 Å². The zero-order valence-electron chi connectivity index (χ0n) is 31.2. The number of hydrogen-bond acceptors (Lipinski definition) is 8. The van der Waals surface area contributed by atoms with E-state index in [9.17, 15) is 5.26 Å². The smallest absolute Gasteiger partial charge is 0.290 e. The third kappa shape index (κ3) is 10.7. The Morgan fingerprint density at radius 1 is 0.811 bits per heavy atom. The molecule has 1 N–H and O–H groups in total. The third-order valence-electron chi connectivity index (χ3n) is 10.2. The van der Waals surface area contributed by atoms with Gasteiger partial charge in [0.15, 0.2) is 0 Å². The first kappa shape index (κ1) is 39.6. The summed E-state index contributed by atoms with van der Waals surface area (Å²) in [6, 6.07) is 18.6. The first-order chi connectivity index (χ1) is 25.8. The SMILES string of the molecule is Cc1c(COc2cc(OCc3cncc(C#N)c3)c(CN3CCCCC3)c(C)c2Cl)cccc1-c1cccc(OCCCN2CCCC2)c1C.O=CO. The Morgan fingerprint density at radius 2 is 1.47 bits per heavy atom. The number of ether oxygens (including phenoxy) is 3. The van der Waals surface area contributed by atoms with Crippen molar-refractivity contribution < 1.29 is 24.1 Å². The van der Waals surface area contributed by atoms with Gasteiger partial charge in [-0.3, -0.25) is 14.7 Å². The fourth-order valence-electron chi connectivity index (χ4n) is 7.16. The summed E-state index contributed by atoms with van der Waals surface area (Å²) in [5, 5.41) is 16.9. The molecule has 0 radical (unpaired) electrons. The van der Waals surface area contributed by atoms with Gasteiger partial charge < -0.3 is 24.2 Å². The Kier molecular flexibility index (Phi) is 14.9. The van der Waals surface area contributed by atoms with Crippen LogP contribution >= 0.6 is 11.6 Å². The number of pyridine rings is 1. The molecule has 0 unspecified atom stereocenters. The molecule has 0 amide bonds. The van der Waals surface area contributed by atoms with Gasteiger partial charge in [-0.05, 0) is 125 Å². The third-order valence-corrected chi connectivity index (χ3v) is 10.7. The first-order valence-corrected chi connectivity index (χ1v) is 19.0. The molecule has 10 heteroatoms. The van der Waals surface area contributed by atoms with Crippen LogP contribution in [0.2, 0.25) is 5.02 Å². The van der Waals surface area contributed by atoms with Crippen LogP contribution in [0.4, 0.5) is 0 Å². The van der Waals surface area contributed by atoms with Gasteiger partial charge in [-0.25, -0.2) is 0 Å². The van der Waals surface area contributed by atoms with Crippen LogP contribution in [0, 0.1) is 32.1 Å². The van der Waals surface area contributed by atoms with Gasteiger partial charge in [-0.1, -0.05) is 48.4 Å². The van der Waals surface area contributed by atoms with Crippen molar-refractivity contribution in [1.82, 2.24) is 14.8 Å². The number of carbonyl (C=O) groups is 1. The lowest BCUT2D eigenvalue weighted by Crippen LogP contribution is -2.29. The van der Waals surface area contributed by atoms with Crippen LogP contribution in [0.1, 0.15) is 77.5 Å². The largest absolute Gasteiger partial charge is 0.493 e. The molecule has 4 aromatic rings. The van der Waals surface area contributed by atoms with Gasteiger partial charge in [0.2, 0.25) is 0 Å². The van der Waals surface area contributed by atoms with E-state index in [1.54, 1.807) is 12.4 Å².